The zero-order valence-corrected chi connectivity index (χ0v) is 10.7. The third kappa shape index (κ3) is 5.45. The van der Waals surface area contributed by atoms with Gasteiger partial charge in [-0.15, -0.1) is 0 Å². The van der Waals surface area contributed by atoms with Crippen LogP contribution in [0.25, 0.3) is 0 Å². The van der Waals surface area contributed by atoms with E-state index in [4.69, 9.17) is 5.11 Å². The van der Waals surface area contributed by atoms with Crippen LogP contribution in [0.1, 0.15) is 0 Å². The zero-order valence-electron chi connectivity index (χ0n) is 9.87. The van der Waals surface area contributed by atoms with Crippen LogP contribution in [0, 0.1) is 5.92 Å². The van der Waals surface area contributed by atoms with Crippen molar-refractivity contribution >= 4 is 17.7 Å². The first kappa shape index (κ1) is 15.6. The zero-order chi connectivity index (χ0) is 13.6. The molecule has 1 saturated heterocycles. The summed E-state index contributed by atoms with van der Waals surface area (Å²) in [5.41, 5.74) is 0. The van der Waals surface area contributed by atoms with Gasteiger partial charge in [0.25, 0.3) is 0 Å². The molecule has 0 spiro atoms. The maximum atomic E-state index is 12.3. The summed E-state index contributed by atoms with van der Waals surface area (Å²) in [4.78, 5) is 12.6. The molecule has 106 valence electrons. The van der Waals surface area contributed by atoms with E-state index in [-0.39, 0.29) is 0 Å². The van der Waals surface area contributed by atoms with Crippen LogP contribution in [-0.4, -0.2) is 66.4 Å². The number of nitrogens with one attached hydrogen (secondary N) is 1. The second kappa shape index (κ2) is 7.20. The van der Waals surface area contributed by atoms with Crippen molar-refractivity contribution in [3.05, 3.63) is 0 Å². The lowest BCUT2D eigenvalue weighted by molar-refractivity contribution is -0.192. The quantitative estimate of drug-likeness (QED) is 0.710. The Morgan fingerprint density at radius 1 is 1.39 bits per heavy atom. The maximum Gasteiger partial charge on any atom is 0.403 e. The minimum atomic E-state index is -4.69. The Morgan fingerprint density at radius 2 is 2.00 bits per heavy atom. The minimum Gasteiger partial charge on any atom is -0.481 e. The summed E-state index contributed by atoms with van der Waals surface area (Å²) < 4.78 is 37.0. The third-order valence-electron chi connectivity index (χ3n) is 2.75. The highest BCUT2D eigenvalue weighted by atomic mass is 32.2. The van der Waals surface area contributed by atoms with Crippen LogP contribution < -0.4 is 5.32 Å². The summed E-state index contributed by atoms with van der Waals surface area (Å²) in [6.45, 7) is 2.35. The maximum absolute atomic E-state index is 12.3. The molecule has 2 N–H and O–H groups in total. The molecule has 1 aliphatic rings. The standard InChI is InChI=1S/C10H17F3N2O2S/c11-10(12,13)8(9(16)17)7-14-1-2-15-3-5-18-6-4-15/h8,14H,1-7H2,(H,16,17). The molecule has 1 heterocycles. The lowest BCUT2D eigenvalue weighted by Crippen LogP contribution is -2.42. The van der Waals surface area contributed by atoms with E-state index in [0.717, 1.165) is 24.6 Å². The molecule has 0 saturated carbocycles. The highest BCUT2D eigenvalue weighted by Gasteiger charge is 2.44. The number of nitrogens with zero attached hydrogens (tertiary/aromatic N) is 1. The van der Waals surface area contributed by atoms with Gasteiger partial charge < -0.3 is 15.3 Å². The van der Waals surface area contributed by atoms with E-state index in [1.807, 2.05) is 11.8 Å². The number of carbonyl (C=O) groups is 1. The molecule has 0 radical (unpaired) electrons. The summed E-state index contributed by atoms with van der Waals surface area (Å²) >= 11 is 1.86. The fourth-order valence-electron chi connectivity index (χ4n) is 1.65. The molecule has 0 amide bonds. The van der Waals surface area contributed by atoms with Crippen LogP contribution in [0.3, 0.4) is 0 Å². The Labute approximate surface area is 108 Å². The van der Waals surface area contributed by atoms with Crippen molar-refractivity contribution in [1.82, 2.24) is 10.2 Å². The third-order valence-corrected chi connectivity index (χ3v) is 3.69. The second-order valence-electron chi connectivity index (χ2n) is 4.09. The first-order chi connectivity index (χ1) is 8.41. The average molecular weight is 286 g/mol. The van der Waals surface area contributed by atoms with Gasteiger partial charge in [-0.2, -0.15) is 24.9 Å². The van der Waals surface area contributed by atoms with E-state index in [1.54, 1.807) is 0 Å². The van der Waals surface area contributed by atoms with Gasteiger partial charge in [-0.25, -0.2) is 0 Å². The minimum absolute atomic E-state index is 0.379. The van der Waals surface area contributed by atoms with E-state index in [1.165, 1.54) is 0 Å². The predicted molar refractivity (Wildman–Crippen MR) is 63.8 cm³/mol. The number of rotatable bonds is 6. The molecule has 8 heteroatoms. The van der Waals surface area contributed by atoms with Crippen LogP contribution in [0.15, 0.2) is 0 Å². The van der Waals surface area contributed by atoms with Crippen molar-refractivity contribution < 1.29 is 23.1 Å². The molecule has 0 bridgehead atoms. The topological polar surface area (TPSA) is 52.6 Å². The van der Waals surface area contributed by atoms with Gasteiger partial charge in [0.1, 0.15) is 0 Å². The van der Waals surface area contributed by atoms with Gasteiger partial charge in [0.05, 0.1) is 0 Å². The fourth-order valence-corrected chi connectivity index (χ4v) is 2.63. The Morgan fingerprint density at radius 3 is 2.50 bits per heavy atom. The molecule has 0 aromatic rings. The molecule has 1 unspecified atom stereocenters. The molecule has 0 aromatic carbocycles. The van der Waals surface area contributed by atoms with Crippen molar-refractivity contribution in [2.45, 2.75) is 6.18 Å². The highest BCUT2D eigenvalue weighted by molar-refractivity contribution is 7.99. The monoisotopic (exact) mass is 286 g/mol. The van der Waals surface area contributed by atoms with E-state index in [9.17, 15) is 18.0 Å². The summed E-state index contributed by atoms with van der Waals surface area (Å²) in [6.07, 6.45) is -4.69. The summed E-state index contributed by atoms with van der Waals surface area (Å²) in [6, 6.07) is 0. The Kier molecular flexibility index (Phi) is 6.24. The molecule has 18 heavy (non-hydrogen) atoms. The highest BCUT2D eigenvalue weighted by Crippen LogP contribution is 2.25. The SMILES string of the molecule is O=C(O)C(CNCCN1CCSCC1)C(F)(F)F. The number of carboxylic acids is 1. The summed E-state index contributed by atoms with van der Waals surface area (Å²) in [5, 5.41) is 11.1. The molecule has 1 rings (SSSR count). The number of hydrogen-bond acceptors (Lipinski definition) is 4. The van der Waals surface area contributed by atoms with Crippen LogP contribution in [-0.2, 0) is 4.79 Å². The normalized spacial score (nSPS) is 19.7. The number of carboxylic acid groups (broad SMARTS) is 1. The first-order valence-electron chi connectivity index (χ1n) is 5.71. The largest absolute Gasteiger partial charge is 0.481 e. The fraction of sp³-hybridized carbons (Fsp3) is 0.900. The van der Waals surface area contributed by atoms with Crippen molar-refractivity contribution in [1.29, 1.82) is 0 Å². The molecule has 4 nitrogen and oxygen atoms in total. The Balaban J connectivity index is 2.20. The Hall–Kier alpha value is -0.470. The van der Waals surface area contributed by atoms with Gasteiger partial charge in [0.2, 0.25) is 0 Å². The molecular formula is C10H17F3N2O2S. The first-order valence-corrected chi connectivity index (χ1v) is 6.87. The molecule has 1 fully saturated rings. The predicted octanol–water partition coefficient (Wildman–Crippen LogP) is 0.888. The summed E-state index contributed by atoms with van der Waals surface area (Å²) in [7, 11) is 0. The van der Waals surface area contributed by atoms with Crippen LogP contribution >= 0.6 is 11.8 Å². The lowest BCUT2D eigenvalue weighted by Gasteiger charge is -2.26. The van der Waals surface area contributed by atoms with Gasteiger partial charge in [0, 0.05) is 44.2 Å². The molecule has 1 aliphatic heterocycles. The van der Waals surface area contributed by atoms with Crippen LogP contribution in [0.4, 0.5) is 13.2 Å². The molecule has 0 aromatic heterocycles. The number of hydrogen-bond donors (Lipinski definition) is 2. The number of alkyl halides is 3. The van der Waals surface area contributed by atoms with Gasteiger partial charge in [0.15, 0.2) is 5.92 Å². The van der Waals surface area contributed by atoms with Crippen molar-refractivity contribution in [3.8, 4) is 0 Å². The average Bonchev–Trinajstić information content (AvgIpc) is 2.27. The van der Waals surface area contributed by atoms with Gasteiger partial charge in [-0.3, -0.25) is 4.79 Å². The summed E-state index contributed by atoms with van der Waals surface area (Å²) in [5.74, 6) is -2.07. The van der Waals surface area contributed by atoms with Crippen LogP contribution in [0.2, 0.25) is 0 Å². The van der Waals surface area contributed by atoms with Gasteiger partial charge in [-0.05, 0) is 0 Å². The molecule has 1 atom stereocenters. The smallest absolute Gasteiger partial charge is 0.403 e. The lowest BCUT2D eigenvalue weighted by atomic mass is 10.1. The molecule has 0 aliphatic carbocycles. The van der Waals surface area contributed by atoms with E-state index < -0.39 is 24.6 Å². The van der Waals surface area contributed by atoms with Crippen molar-refractivity contribution in [2.75, 3.05) is 44.2 Å². The van der Waals surface area contributed by atoms with E-state index in [2.05, 4.69) is 10.2 Å². The second-order valence-corrected chi connectivity index (χ2v) is 5.32. The molecular weight excluding hydrogens is 269 g/mol. The number of thioether (sulfide) groups is 1. The Bertz CT molecular complexity index is 270. The van der Waals surface area contributed by atoms with Crippen molar-refractivity contribution in [3.63, 3.8) is 0 Å². The number of halogens is 3. The van der Waals surface area contributed by atoms with Crippen LogP contribution in [0.5, 0.6) is 0 Å². The van der Waals surface area contributed by atoms with E-state index in [0.29, 0.717) is 13.1 Å². The number of aliphatic carboxylic acids is 1. The van der Waals surface area contributed by atoms with Gasteiger partial charge in [-0.1, -0.05) is 0 Å². The van der Waals surface area contributed by atoms with Crippen molar-refractivity contribution in [2.24, 2.45) is 5.92 Å². The van der Waals surface area contributed by atoms with Gasteiger partial charge >= 0.3 is 12.1 Å². The van der Waals surface area contributed by atoms with E-state index >= 15 is 0 Å².